The SMILES string of the molecule is COc1ccc(S(=O)(=O)Nc2cccc(C)c2C)cc1NC(C)=O. The first-order chi connectivity index (χ1) is 11.2. The van der Waals surface area contributed by atoms with Crippen molar-refractivity contribution in [3.05, 3.63) is 47.5 Å². The summed E-state index contributed by atoms with van der Waals surface area (Å²) in [6, 6.07) is 9.71. The topological polar surface area (TPSA) is 84.5 Å². The number of methoxy groups -OCH3 is 1. The molecule has 0 aromatic heterocycles. The maximum Gasteiger partial charge on any atom is 0.261 e. The summed E-state index contributed by atoms with van der Waals surface area (Å²) >= 11 is 0. The molecule has 0 saturated heterocycles. The average molecular weight is 348 g/mol. The Kier molecular flexibility index (Phi) is 5.14. The molecule has 1 amide bonds. The maximum absolute atomic E-state index is 12.6. The van der Waals surface area contributed by atoms with Crippen LogP contribution in [0.3, 0.4) is 0 Å². The van der Waals surface area contributed by atoms with Crippen LogP contribution in [0.5, 0.6) is 5.75 Å². The average Bonchev–Trinajstić information content (AvgIpc) is 2.51. The van der Waals surface area contributed by atoms with Crippen molar-refractivity contribution in [1.82, 2.24) is 0 Å². The number of carbonyl (C=O) groups excluding carboxylic acids is 1. The standard InChI is InChI=1S/C17H20N2O4S/c1-11-6-5-7-15(12(11)2)19-24(21,22)14-8-9-17(23-4)16(10-14)18-13(3)20/h5-10,19H,1-4H3,(H,18,20). The molecule has 6 nitrogen and oxygen atoms in total. The predicted molar refractivity (Wildman–Crippen MR) is 94.0 cm³/mol. The zero-order valence-electron chi connectivity index (χ0n) is 14.0. The molecule has 0 fully saturated rings. The molecule has 24 heavy (non-hydrogen) atoms. The van der Waals surface area contributed by atoms with Gasteiger partial charge in [0, 0.05) is 6.92 Å². The predicted octanol–water partition coefficient (Wildman–Crippen LogP) is 3.07. The van der Waals surface area contributed by atoms with Crippen molar-refractivity contribution >= 4 is 27.3 Å². The molecule has 0 heterocycles. The molecule has 2 N–H and O–H groups in total. The van der Waals surface area contributed by atoms with Crippen molar-refractivity contribution in [2.24, 2.45) is 0 Å². The molecular formula is C17H20N2O4S. The van der Waals surface area contributed by atoms with Crippen LogP contribution in [-0.4, -0.2) is 21.4 Å². The first-order valence-corrected chi connectivity index (χ1v) is 8.77. The quantitative estimate of drug-likeness (QED) is 0.870. The summed E-state index contributed by atoms with van der Waals surface area (Å²) in [6.07, 6.45) is 0. The Morgan fingerprint density at radius 1 is 1.08 bits per heavy atom. The van der Waals surface area contributed by atoms with Crippen LogP contribution in [0.15, 0.2) is 41.3 Å². The van der Waals surface area contributed by atoms with Crippen molar-refractivity contribution in [2.75, 3.05) is 17.1 Å². The number of sulfonamides is 1. The highest BCUT2D eigenvalue weighted by molar-refractivity contribution is 7.92. The largest absolute Gasteiger partial charge is 0.495 e. The van der Waals surface area contributed by atoms with Crippen LogP contribution >= 0.6 is 0 Å². The fraction of sp³-hybridized carbons (Fsp3) is 0.235. The Morgan fingerprint density at radius 3 is 2.42 bits per heavy atom. The molecule has 0 unspecified atom stereocenters. The number of aryl methyl sites for hydroxylation is 1. The summed E-state index contributed by atoms with van der Waals surface area (Å²) in [7, 11) is -2.35. The number of nitrogens with one attached hydrogen (secondary N) is 2. The molecule has 2 aromatic carbocycles. The lowest BCUT2D eigenvalue weighted by Gasteiger charge is -2.14. The Hall–Kier alpha value is -2.54. The molecule has 0 spiro atoms. The molecule has 2 aromatic rings. The number of hydrogen-bond acceptors (Lipinski definition) is 4. The van der Waals surface area contributed by atoms with Crippen LogP contribution in [0.1, 0.15) is 18.1 Å². The van der Waals surface area contributed by atoms with E-state index in [1.807, 2.05) is 19.9 Å². The van der Waals surface area contributed by atoms with Gasteiger partial charge in [0.1, 0.15) is 5.75 Å². The summed E-state index contributed by atoms with van der Waals surface area (Å²) in [6.45, 7) is 5.11. The number of rotatable bonds is 5. The zero-order valence-corrected chi connectivity index (χ0v) is 14.8. The Balaban J connectivity index is 2.42. The molecule has 7 heteroatoms. The highest BCUT2D eigenvalue weighted by Crippen LogP contribution is 2.29. The smallest absolute Gasteiger partial charge is 0.261 e. The summed E-state index contributed by atoms with van der Waals surface area (Å²) in [5.74, 6) is 0.0706. The highest BCUT2D eigenvalue weighted by atomic mass is 32.2. The van der Waals surface area contributed by atoms with E-state index >= 15 is 0 Å². The van der Waals surface area contributed by atoms with E-state index in [-0.39, 0.29) is 10.8 Å². The highest BCUT2D eigenvalue weighted by Gasteiger charge is 2.18. The third-order valence-corrected chi connectivity index (χ3v) is 5.00. The molecule has 0 radical (unpaired) electrons. The monoisotopic (exact) mass is 348 g/mol. The van der Waals surface area contributed by atoms with E-state index in [1.54, 1.807) is 12.1 Å². The van der Waals surface area contributed by atoms with E-state index in [9.17, 15) is 13.2 Å². The van der Waals surface area contributed by atoms with Crippen molar-refractivity contribution in [3.8, 4) is 5.75 Å². The number of hydrogen-bond donors (Lipinski definition) is 2. The molecule has 0 aliphatic carbocycles. The van der Waals surface area contributed by atoms with Crippen molar-refractivity contribution in [1.29, 1.82) is 0 Å². The van der Waals surface area contributed by atoms with Crippen molar-refractivity contribution < 1.29 is 17.9 Å². The normalized spacial score (nSPS) is 11.0. The van der Waals surface area contributed by atoms with Crippen molar-refractivity contribution in [2.45, 2.75) is 25.7 Å². The second-order valence-electron chi connectivity index (χ2n) is 5.40. The van der Waals surface area contributed by atoms with Gasteiger partial charge in [-0.25, -0.2) is 8.42 Å². The number of anilines is 2. The first-order valence-electron chi connectivity index (χ1n) is 7.29. The van der Waals surface area contributed by atoms with Gasteiger partial charge in [0.05, 0.1) is 23.4 Å². The number of ether oxygens (including phenoxy) is 1. The van der Waals surface area contributed by atoms with E-state index in [2.05, 4.69) is 10.0 Å². The van der Waals surface area contributed by atoms with E-state index in [4.69, 9.17) is 4.74 Å². The van der Waals surface area contributed by atoms with E-state index in [1.165, 1.54) is 32.2 Å². The van der Waals surface area contributed by atoms with Gasteiger partial charge in [-0.05, 0) is 49.2 Å². The fourth-order valence-electron chi connectivity index (χ4n) is 2.21. The van der Waals surface area contributed by atoms with E-state index in [0.29, 0.717) is 17.1 Å². The first kappa shape index (κ1) is 17.8. The van der Waals surface area contributed by atoms with Crippen LogP contribution < -0.4 is 14.8 Å². The minimum absolute atomic E-state index is 0.0351. The molecule has 2 rings (SSSR count). The molecule has 0 atom stereocenters. The van der Waals surface area contributed by atoms with Gasteiger partial charge in [0.25, 0.3) is 10.0 Å². The number of benzene rings is 2. The van der Waals surface area contributed by atoms with Crippen LogP contribution in [-0.2, 0) is 14.8 Å². The van der Waals surface area contributed by atoms with Gasteiger partial charge in [0.2, 0.25) is 5.91 Å². The summed E-state index contributed by atoms with van der Waals surface area (Å²) < 4.78 is 33.0. The minimum Gasteiger partial charge on any atom is -0.495 e. The van der Waals surface area contributed by atoms with Crippen LogP contribution in [0.2, 0.25) is 0 Å². The third kappa shape index (κ3) is 3.86. The maximum atomic E-state index is 12.6. The van der Waals surface area contributed by atoms with Gasteiger partial charge in [-0.3, -0.25) is 9.52 Å². The number of carbonyl (C=O) groups is 1. The lowest BCUT2D eigenvalue weighted by Crippen LogP contribution is -2.15. The summed E-state index contributed by atoms with van der Waals surface area (Å²) in [4.78, 5) is 11.3. The van der Waals surface area contributed by atoms with Crippen LogP contribution in [0, 0.1) is 13.8 Å². The lowest BCUT2D eigenvalue weighted by molar-refractivity contribution is -0.114. The Bertz CT molecular complexity index is 876. The molecule has 128 valence electrons. The van der Waals surface area contributed by atoms with Gasteiger partial charge in [-0.15, -0.1) is 0 Å². The van der Waals surface area contributed by atoms with Gasteiger partial charge in [0.15, 0.2) is 0 Å². The zero-order chi connectivity index (χ0) is 17.9. The number of amides is 1. The van der Waals surface area contributed by atoms with E-state index < -0.39 is 10.0 Å². The molecule has 0 aliphatic heterocycles. The summed E-state index contributed by atoms with van der Waals surface area (Å²) in [5, 5.41) is 2.57. The molecule has 0 bridgehead atoms. The summed E-state index contributed by atoms with van der Waals surface area (Å²) in [5.41, 5.74) is 2.67. The molecule has 0 aliphatic rings. The second kappa shape index (κ2) is 6.92. The van der Waals surface area contributed by atoms with Gasteiger partial charge >= 0.3 is 0 Å². The van der Waals surface area contributed by atoms with Gasteiger partial charge < -0.3 is 10.1 Å². The van der Waals surface area contributed by atoms with Crippen molar-refractivity contribution in [3.63, 3.8) is 0 Å². The fourth-order valence-corrected chi connectivity index (χ4v) is 3.36. The second-order valence-corrected chi connectivity index (χ2v) is 7.08. The van der Waals surface area contributed by atoms with Crippen LogP contribution in [0.4, 0.5) is 11.4 Å². The lowest BCUT2D eigenvalue weighted by atomic mass is 10.1. The molecule has 0 saturated carbocycles. The van der Waals surface area contributed by atoms with E-state index in [0.717, 1.165) is 11.1 Å². The minimum atomic E-state index is -3.79. The third-order valence-electron chi connectivity index (χ3n) is 3.64. The Labute approximate surface area is 141 Å². The van der Waals surface area contributed by atoms with Gasteiger partial charge in [-0.2, -0.15) is 0 Å². The van der Waals surface area contributed by atoms with Crippen LogP contribution in [0.25, 0.3) is 0 Å². The van der Waals surface area contributed by atoms with Gasteiger partial charge in [-0.1, -0.05) is 12.1 Å². The Morgan fingerprint density at radius 2 is 1.79 bits per heavy atom. The molecular weight excluding hydrogens is 328 g/mol.